The summed E-state index contributed by atoms with van der Waals surface area (Å²) in [6.45, 7) is 1.70. The third-order valence-electron chi connectivity index (χ3n) is 5.76. The van der Waals surface area contributed by atoms with Crippen molar-refractivity contribution < 1.29 is 27.8 Å². The molecule has 5 N–H and O–H groups in total. The molecule has 0 radical (unpaired) electrons. The molecule has 1 atom stereocenters. The molecule has 38 heavy (non-hydrogen) atoms. The van der Waals surface area contributed by atoms with Crippen LogP contribution < -0.4 is 20.5 Å². The maximum atomic E-state index is 14.7. The van der Waals surface area contributed by atoms with Gasteiger partial charge in [0.05, 0.1) is 23.7 Å². The number of rotatable bonds is 11. The van der Waals surface area contributed by atoms with Gasteiger partial charge in [0.15, 0.2) is 6.10 Å². The third-order valence-corrected chi connectivity index (χ3v) is 5.76. The van der Waals surface area contributed by atoms with E-state index in [2.05, 4.69) is 15.3 Å². The van der Waals surface area contributed by atoms with Crippen molar-refractivity contribution in [1.29, 1.82) is 5.41 Å². The number of hydrogen-bond donors (Lipinski definition) is 4. The highest BCUT2D eigenvalue weighted by atomic mass is 19.1. The Bertz CT molecular complexity index is 1420. The van der Waals surface area contributed by atoms with Gasteiger partial charge in [-0.1, -0.05) is 24.3 Å². The second kappa shape index (κ2) is 11.7. The van der Waals surface area contributed by atoms with E-state index in [9.17, 15) is 13.6 Å². The van der Waals surface area contributed by atoms with Crippen LogP contribution in [0, 0.1) is 17.0 Å². The lowest BCUT2D eigenvalue weighted by molar-refractivity contribution is -0.133. The molecule has 198 valence electrons. The fraction of sp³-hybridized carbons (Fsp3) is 0.222. The standard InChI is InChI=1S/C27H27F2N5O4/c1-3-37-25(24-18(28)11-17(36-2)12-19(24)29)27(35)32-13-16-9-8-15(26(30)31)10-22(16)38-14-23-33-20-6-4-5-7-21(20)34-23/h4-12,25H,3,13-14H2,1-2H3,(H3,30,31)(H,32,35)(H,33,34). The van der Waals surface area contributed by atoms with Crippen molar-refractivity contribution in [3.63, 3.8) is 0 Å². The van der Waals surface area contributed by atoms with E-state index in [1.54, 1.807) is 25.1 Å². The fourth-order valence-corrected chi connectivity index (χ4v) is 3.88. The van der Waals surface area contributed by atoms with Crippen molar-refractivity contribution in [3.05, 3.63) is 88.7 Å². The van der Waals surface area contributed by atoms with Crippen molar-refractivity contribution in [2.24, 2.45) is 5.73 Å². The Balaban J connectivity index is 1.54. The number of halogens is 2. The van der Waals surface area contributed by atoms with Gasteiger partial charge in [-0.05, 0) is 25.1 Å². The van der Waals surface area contributed by atoms with Gasteiger partial charge in [-0.3, -0.25) is 10.2 Å². The zero-order valence-electron chi connectivity index (χ0n) is 20.8. The molecule has 0 aliphatic heterocycles. The van der Waals surface area contributed by atoms with Crippen LogP contribution in [0.3, 0.4) is 0 Å². The van der Waals surface area contributed by atoms with Gasteiger partial charge in [-0.25, -0.2) is 13.8 Å². The third kappa shape index (κ3) is 5.89. The Morgan fingerprint density at radius 1 is 1.16 bits per heavy atom. The summed E-state index contributed by atoms with van der Waals surface area (Å²) in [5, 5.41) is 10.4. The molecule has 3 aromatic carbocycles. The van der Waals surface area contributed by atoms with Crippen LogP contribution in [0.15, 0.2) is 54.6 Å². The molecular formula is C27H27F2N5O4. The van der Waals surface area contributed by atoms with E-state index in [-0.39, 0.29) is 31.3 Å². The monoisotopic (exact) mass is 523 g/mol. The van der Waals surface area contributed by atoms with E-state index in [1.165, 1.54) is 7.11 Å². The van der Waals surface area contributed by atoms with Gasteiger partial charge in [0.25, 0.3) is 5.91 Å². The largest absolute Gasteiger partial charge is 0.497 e. The van der Waals surface area contributed by atoms with Gasteiger partial charge in [0.1, 0.15) is 41.4 Å². The number of para-hydroxylation sites is 2. The van der Waals surface area contributed by atoms with E-state index < -0.39 is 29.2 Å². The molecule has 1 heterocycles. The Kier molecular flexibility index (Phi) is 8.17. The lowest BCUT2D eigenvalue weighted by atomic mass is 10.1. The first-order valence-electron chi connectivity index (χ1n) is 11.8. The molecule has 1 unspecified atom stereocenters. The first kappa shape index (κ1) is 26.6. The summed E-state index contributed by atoms with van der Waals surface area (Å²) in [6, 6.07) is 14.4. The van der Waals surface area contributed by atoms with E-state index in [0.717, 1.165) is 23.2 Å². The summed E-state index contributed by atoms with van der Waals surface area (Å²) in [5.41, 5.74) is 7.74. The minimum Gasteiger partial charge on any atom is -0.497 e. The number of nitrogen functional groups attached to an aromatic ring is 1. The molecule has 9 nitrogen and oxygen atoms in total. The first-order chi connectivity index (χ1) is 18.3. The summed E-state index contributed by atoms with van der Waals surface area (Å²) in [7, 11) is 1.28. The number of H-pyrrole nitrogens is 1. The van der Waals surface area contributed by atoms with Gasteiger partial charge >= 0.3 is 0 Å². The van der Waals surface area contributed by atoms with E-state index in [1.807, 2.05) is 24.3 Å². The number of amidine groups is 1. The summed E-state index contributed by atoms with van der Waals surface area (Å²) < 4.78 is 45.6. The van der Waals surface area contributed by atoms with E-state index in [0.29, 0.717) is 22.7 Å². The summed E-state index contributed by atoms with van der Waals surface area (Å²) in [6.07, 6.45) is -1.53. The maximum Gasteiger partial charge on any atom is 0.254 e. The van der Waals surface area contributed by atoms with E-state index >= 15 is 0 Å². The second-order valence-corrected chi connectivity index (χ2v) is 8.28. The SMILES string of the molecule is CCOC(C(=O)NCc1ccc(C(=N)N)cc1OCc1nc2ccccc2[nH]1)c1c(F)cc(OC)cc1F. The van der Waals surface area contributed by atoms with Crippen molar-refractivity contribution in [2.75, 3.05) is 13.7 Å². The van der Waals surface area contributed by atoms with E-state index in [4.69, 9.17) is 25.4 Å². The quantitative estimate of drug-likeness (QED) is 0.173. The molecule has 1 aromatic heterocycles. The van der Waals surface area contributed by atoms with Crippen LogP contribution in [0.25, 0.3) is 11.0 Å². The Hall–Kier alpha value is -4.51. The van der Waals surface area contributed by atoms with Gasteiger partial charge < -0.3 is 30.2 Å². The van der Waals surface area contributed by atoms with Crippen molar-refractivity contribution in [3.8, 4) is 11.5 Å². The predicted molar refractivity (Wildman–Crippen MR) is 137 cm³/mol. The number of fused-ring (bicyclic) bond motifs is 1. The molecule has 0 fully saturated rings. The number of imidazole rings is 1. The number of aromatic nitrogens is 2. The molecule has 0 saturated heterocycles. The average Bonchev–Trinajstić information content (AvgIpc) is 3.32. The van der Waals surface area contributed by atoms with Crippen molar-refractivity contribution >= 4 is 22.8 Å². The second-order valence-electron chi connectivity index (χ2n) is 8.28. The predicted octanol–water partition coefficient (Wildman–Crippen LogP) is 4.11. The lowest BCUT2D eigenvalue weighted by Crippen LogP contribution is -2.32. The number of hydrogen-bond acceptors (Lipinski definition) is 6. The molecule has 4 aromatic rings. The van der Waals surface area contributed by atoms with Crippen LogP contribution in [0.2, 0.25) is 0 Å². The summed E-state index contributed by atoms with van der Waals surface area (Å²) >= 11 is 0. The Labute approximate surface area is 217 Å². The Morgan fingerprint density at radius 2 is 1.89 bits per heavy atom. The topological polar surface area (TPSA) is 135 Å². The number of nitrogens with two attached hydrogens (primary N) is 1. The zero-order chi connectivity index (χ0) is 27.2. The van der Waals surface area contributed by atoms with Gasteiger partial charge in [-0.2, -0.15) is 0 Å². The maximum absolute atomic E-state index is 14.7. The normalized spacial score (nSPS) is 11.8. The highest BCUT2D eigenvalue weighted by molar-refractivity contribution is 5.95. The highest BCUT2D eigenvalue weighted by Gasteiger charge is 2.28. The van der Waals surface area contributed by atoms with Crippen LogP contribution in [-0.2, 0) is 22.7 Å². The number of carbonyl (C=O) groups excluding carboxylic acids is 1. The van der Waals surface area contributed by atoms with Gasteiger partial charge in [0.2, 0.25) is 0 Å². The molecule has 0 saturated carbocycles. The summed E-state index contributed by atoms with van der Waals surface area (Å²) in [4.78, 5) is 20.7. The van der Waals surface area contributed by atoms with Crippen LogP contribution in [0.1, 0.15) is 35.5 Å². The Morgan fingerprint density at radius 3 is 2.55 bits per heavy atom. The molecule has 11 heteroatoms. The van der Waals surface area contributed by atoms with Crippen LogP contribution >= 0.6 is 0 Å². The number of ether oxygens (including phenoxy) is 3. The first-order valence-corrected chi connectivity index (χ1v) is 11.8. The molecule has 0 aliphatic carbocycles. The number of nitrogens with zero attached hydrogens (tertiary/aromatic N) is 1. The fourth-order valence-electron chi connectivity index (χ4n) is 3.88. The minimum absolute atomic E-state index is 0.0174. The zero-order valence-corrected chi connectivity index (χ0v) is 20.8. The van der Waals surface area contributed by atoms with Crippen molar-refractivity contribution in [1.82, 2.24) is 15.3 Å². The number of benzene rings is 3. The number of aromatic amines is 1. The van der Waals surface area contributed by atoms with Crippen LogP contribution in [-0.4, -0.2) is 35.4 Å². The molecule has 4 rings (SSSR count). The number of methoxy groups -OCH3 is 1. The van der Waals surface area contributed by atoms with Gasteiger partial charge in [-0.15, -0.1) is 0 Å². The highest BCUT2D eigenvalue weighted by Crippen LogP contribution is 2.29. The summed E-state index contributed by atoms with van der Waals surface area (Å²) in [5.74, 6) is -1.90. The molecule has 1 amide bonds. The van der Waals surface area contributed by atoms with Crippen molar-refractivity contribution in [2.45, 2.75) is 26.2 Å². The average molecular weight is 524 g/mol. The van der Waals surface area contributed by atoms with Crippen LogP contribution in [0.4, 0.5) is 8.78 Å². The molecule has 0 aliphatic rings. The van der Waals surface area contributed by atoms with Gasteiger partial charge in [0, 0.05) is 36.4 Å². The number of amides is 1. The number of carbonyl (C=O) groups is 1. The molecular weight excluding hydrogens is 496 g/mol. The minimum atomic E-state index is -1.53. The molecule has 0 spiro atoms. The lowest BCUT2D eigenvalue weighted by Gasteiger charge is -2.20. The van der Waals surface area contributed by atoms with Crippen LogP contribution in [0.5, 0.6) is 11.5 Å². The smallest absolute Gasteiger partial charge is 0.254 e. The molecule has 0 bridgehead atoms. The number of nitrogens with one attached hydrogen (secondary N) is 3.